The summed E-state index contributed by atoms with van der Waals surface area (Å²) in [6, 6.07) is 5.93. The van der Waals surface area contributed by atoms with Crippen molar-refractivity contribution in [3.05, 3.63) is 35.1 Å². The summed E-state index contributed by atoms with van der Waals surface area (Å²) in [5.41, 5.74) is 2.69. The van der Waals surface area contributed by atoms with E-state index >= 15 is 0 Å². The molecule has 1 amide bonds. The van der Waals surface area contributed by atoms with Crippen LogP contribution in [-0.2, 0) is 0 Å². The number of para-hydroxylation sites is 1. The Balaban J connectivity index is 2.13. The Labute approximate surface area is 131 Å². The first-order valence-electron chi connectivity index (χ1n) is 7.96. The van der Waals surface area contributed by atoms with E-state index in [1.54, 1.807) is 0 Å². The van der Waals surface area contributed by atoms with Crippen molar-refractivity contribution in [3.8, 4) is 0 Å². The van der Waals surface area contributed by atoms with Crippen molar-refractivity contribution in [2.24, 2.45) is 5.92 Å². The third-order valence-electron chi connectivity index (χ3n) is 4.15. The highest BCUT2D eigenvalue weighted by molar-refractivity contribution is 5.99. The number of aliphatic hydroxyl groups is 1. The largest absolute Gasteiger partial charge is 0.450 e. The maximum atomic E-state index is 12.4. The SMILES string of the molecule is CCCC(CCO)CNC(=O)c1oc2c(C)cccc2c1C. The van der Waals surface area contributed by atoms with Crippen LogP contribution in [0.2, 0.25) is 0 Å². The lowest BCUT2D eigenvalue weighted by molar-refractivity contribution is 0.0916. The normalized spacial score (nSPS) is 12.5. The number of benzene rings is 1. The van der Waals surface area contributed by atoms with E-state index in [0.717, 1.165) is 34.9 Å². The van der Waals surface area contributed by atoms with Gasteiger partial charge in [-0.05, 0) is 38.2 Å². The Morgan fingerprint density at radius 2 is 2.09 bits per heavy atom. The molecule has 2 rings (SSSR count). The Bertz CT molecular complexity index is 639. The number of furan rings is 1. The van der Waals surface area contributed by atoms with Crippen molar-refractivity contribution >= 4 is 16.9 Å². The molecule has 1 heterocycles. The molecule has 0 aliphatic heterocycles. The van der Waals surface area contributed by atoms with E-state index in [9.17, 15) is 4.79 Å². The second-order valence-corrected chi connectivity index (χ2v) is 5.88. The van der Waals surface area contributed by atoms with E-state index in [4.69, 9.17) is 9.52 Å². The molecule has 1 atom stereocenters. The summed E-state index contributed by atoms with van der Waals surface area (Å²) < 4.78 is 5.78. The lowest BCUT2D eigenvalue weighted by Gasteiger charge is -2.15. The molecule has 0 fully saturated rings. The molecule has 0 aliphatic rings. The van der Waals surface area contributed by atoms with E-state index in [-0.39, 0.29) is 12.5 Å². The highest BCUT2D eigenvalue weighted by Crippen LogP contribution is 2.27. The lowest BCUT2D eigenvalue weighted by atomic mass is 10.0. The van der Waals surface area contributed by atoms with Gasteiger partial charge in [0.05, 0.1) is 0 Å². The van der Waals surface area contributed by atoms with Crippen LogP contribution in [0.5, 0.6) is 0 Å². The van der Waals surface area contributed by atoms with E-state index in [1.165, 1.54) is 0 Å². The number of carbonyl (C=O) groups excluding carboxylic acids is 1. The molecule has 1 aromatic heterocycles. The third kappa shape index (κ3) is 3.50. The first-order chi connectivity index (χ1) is 10.6. The van der Waals surface area contributed by atoms with Gasteiger partial charge < -0.3 is 14.8 Å². The van der Waals surface area contributed by atoms with Gasteiger partial charge in [0.2, 0.25) is 0 Å². The fourth-order valence-corrected chi connectivity index (χ4v) is 2.86. The Morgan fingerprint density at radius 3 is 2.73 bits per heavy atom. The van der Waals surface area contributed by atoms with Gasteiger partial charge in [-0.15, -0.1) is 0 Å². The van der Waals surface area contributed by atoms with Gasteiger partial charge in [0, 0.05) is 24.1 Å². The summed E-state index contributed by atoms with van der Waals surface area (Å²) in [5, 5.41) is 13.0. The molecule has 2 aromatic rings. The van der Waals surface area contributed by atoms with Crippen LogP contribution >= 0.6 is 0 Å². The summed E-state index contributed by atoms with van der Waals surface area (Å²) in [6.07, 6.45) is 2.76. The predicted octanol–water partition coefficient (Wildman–Crippen LogP) is 3.58. The molecule has 1 aromatic carbocycles. The number of hydrogen-bond donors (Lipinski definition) is 2. The second-order valence-electron chi connectivity index (χ2n) is 5.88. The monoisotopic (exact) mass is 303 g/mol. The first kappa shape index (κ1) is 16.6. The van der Waals surface area contributed by atoms with Crippen molar-refractivity contribution in [1.29, 1.82) is 0 Å². The summed E-state index contributed by atoms with van der Waals surface area (Å²) >= 11 is 0. The Kier molecular flexibility index (Phi) is 5.61. The van der Waals surface area contributed by atoms with Gasteiger partial charge in [-0.25, -0.2) is 0 Å². The zero-order valence-electron chi connectivity index (χ0n) is 13.6. The van der Waals surface area contributed by atoms with Gasteiger partial charge in [0.1, 0.15) is 5.58 Å². The van der Waals surface area contributed by atoms with Crippen molar-refractivity contribution in [3.63, 3.8) is 0 Å². The summed E-state index contributed by atoms with van der Waals surface area (Å²) in [6.45, 7) is 6.73. The van der Waals surface area contributed by atoms with Crippen LogP contribution in [0.1, 0.15) is 47.9 Å². The Hall–Kier alpha value is -1.81. The van der Waals surface area contributed by atoms with Gasteiger partial charge in [0.15, 0.2) is 5.76 Å². The molecule has 0 spiro atoms. The van der Waals surface area contributed by atoms with E-state index < -0.39 is 0 Å². The van der Waals surface area contributed by atoms with Crippen LogP contribution < -0.4 is 5.32 Å². The topological polar surface area (TPSA) is 62.5 Å². The molecular formula is C18H25NO3. The maximum absolute atomic E-state index is 12.4. The van der Waals surface area contributed by atoms with E-state index in [1.807, 2.05) is 32.0 Å². The zero-order chi connectivity index (χ0) is 16.1. The number of amides is 1. The molecule has 120 valence electrons. The molecular weight excluding hydrogens is 278 g/mol. The smallest absolute Gasteiger partial charge is 0.287 e. The van der Waals surface area contributed by atoms with E-state index in [0.29, 0.717) is 24.6 Å². The fourth-order valence-electron chi connectivity index (χ4n) is 2.86. The van der Waals surface area contributed by atoms with Gasteiger partial charge in [-0.1, -0.05) is 31.5 Å². The van der Waals surface area contributed by atoms with E-state index in [2.05, 4.69) is 12.2 Å². The molecule has 2 N–H and O–H groups in total. The standard InChI is InChI=1S/C18H25NO3/c1-4-6-14(9-10-20)11-19-18(21)17-13(3)15-8-5-7-12(2)16(15)22-17/h5,7-8,14,20H,4,6,9-11H2,1-3H3,(H,19,21). The van der Waals surface area contributed by atoms with Gasteiger partial charge >= 0.3 is 0 Å². The number of aliphatic hydroxyl groups excluding tert-OH is 1. The molecule has 0 saturated carbocycles. The van der Waals surface area contributed by atoms with Gasteiger partial charge in [-0.2, -0.15) is 0 Å². The van der Waals surface area contributed by atoms with Crippen LogP contribution in [0.25, 0.3) is 11.0 Å². The number of rotatable bonds is 7. The lowest BCUT2D eigenvalue weighted by Crippen LogP contribution is -2.29. The van der Waals surface area contributed by atoms with Crippen LogP contribution in [0.4, 0.5) is 0 Å². The summed E-state index contributed by atoms with van der Waals surface area (Å²) in [7, 11) is 0. The van der Waals surface area contributed by atoms with Gasteiger partial charge in [0.25, 0.3) is 5.91 Å². The molecule has 0 aliphatic carbocycles. The average molecular weight is 303 g/mol. The zero-order valence-corrected chi connectivity index (χ0v) is 13.6. The highest BCUT2D eigenvalue weighted by Gasteiger charge is 2.19. The number of carbonyl (C=O) groups is 1. The minimum atomic E-state index is -0.174. The van der Waals surface area contributed by atoms with Gasteiger partial charge in [-0.3, -0.25) is 4.79 Å². The van der Waals surface area contributed by atoms with Crippen LogP contribution in [-0.4, -0.2) is 24.2 Å². The van der Waals surface area contributed by atoms with Crippen LogP contribution in [0.15, 0.2) is 22.6 Å². The summed E-state index contributed by atoms with van der Waals surface area (Å²) in [5.74, 6) is 0.529. The number of aryl methyl sites for hydroxylation is 2. The Morgan fingerprint density at radius 1 is 1.32 bits per heavy atom. The van der Waals surface area contributed by atoms with Crippen molar-refractivity contribution in [2.45, 2.75) is 40.0 Å². The minimum absolute atomic E-state index is 0.156. The van der Waals surface area contributed by atoms with Crippen LogP contribution in [0.3, 0.4) is 0 Å². The molecule has 0 saturated heterocycles. The number of hydrogen-bond acceptors (Lipinski definition) is 3. The number of nitrogens with one attached hydrogen (secondary N) is 1. The van der Waals surface area contributed by atoms with Crippen molar-refractivity contribution in [2.75, 3.05) is 13.2 Å². The third-order valence-corrected chi connectivity index (χ3v) is 4.15. The van der Waals surface area contributed by atoms with Crippen LogP contribution in [0, 0.1) is 19.8 Å². The fraction of sp³-hybridized carbons (Fsp3) is 0.500. The molecule has 4 nitrogen and oxygen atoms in total. The molecule has 4 heteroatoms. The quantitative estimate of drug-likeness (QED) is 0.822. The van der Waals surface area contributed by atoms with Crippen molar-refractivity contribution in [1.82, 2.24) is 5.32 Å². The summed E-state index contributed by atoms with van der Waals surface area (Å²) in [4.78, 5) is 12.4. The number of fused-ring (bicyclic) bond motifs is 1. The molecule has 22 heavy (non-hydrogen) atoms. The molecule has 0 radical (unpaired) electrons. The molecule has 0 bridgehead atoms. The molecule has 1 unspecified atom stereocenters. The van der Waals surface area contributed by atoms with Crippen molar-refractivity contribution < 1.29 is 14.3 Å². The first-order valence-corrected chi connectivity index (χ1v) is 7.96. The average Bonchev–Trinajstić information content (AvgIpc) is 2.84. The minimum Gasteiger partial charge on any atom is -0.450 e. The predicted molar refractivity (Wildman–Crippen MR) is 88.1 cm³/mol. The highest BCUT2D eigenvalue weighted by atomic mass is 16.3. The maximum Gasteiger partial charge on any atom is 0.287 e. The second kappa shape index (κ2) is 7.45.